The molecule has 4 nitrogen and oxygen atoms in total. The largest absolute Gasteiger partial charge is 0.455 e. The number of nitrogens with zero attached hydrogens (tertiary/aromatic N) is 2. The molecule has 0 saturated carbocycles. The van der Waals surface area contributed by atoms with E-state index in [9.17, 15) is 0 Å². The van der Waals surface area contributed by atoms with E-state index in [0.29, 0.717) is 16.5 Å². The molecule has 0 spiro atoms. The summed E-state index contributed by atoms with van der Waals surface area (Å²) in [5.41, 5.74) is 0. The molecule has 0 fully saturated rings. The number of halogens is 1. The highest BCUT2D eigenvalue weighted by atomic mass is 35.5. The highest BCUT2D eigenvalue weighted by molar-refractivity contribution is 6.30. The van der Waals surface area contributed by atoms with Crippen LogP contribution in [0.15, 0.2) is 36.8 Å². The number of rotatable bonds is 5. The quantitative estimate of drug-likeness (QED) is 0.893. The Morgan fingerprint density at radius 3 is 2.94 bits per heavy atom. The Morgan fingerprint density at radius 2 is 2.17 bits per heavy atom. The smallest absolute Gasteiger partial charge is 0.147 e. The van der Waals surface area contributed by atoms with Crippen molar-refractivity contribution < 1.29 is 4.74 Å². The van der Waals surface area contributed by atoms with Crippen molar-refractivity contribution in [3.8, 4) is 11.5 Å². The standard InChI is InChI=1S/C13H14ClN3O/c1-2-4-16-13-7-11(3-5-17-13)18-12-6-10(14)8-15-9-12/h3,5-9H,2,4H2,1H3,(H,16,17). The number of hydrogen-bond donors (Lipinski definition) is 1. The molecule has 94 valence electrons. The van der Waals surface area contributed by atoms with Crippen LogP contribution in [0.5, 0.6) is 11.5 Å². The number of aromatic nitrogens is 2. The summed E-state index contributed by atoms with van der Waals surface area (Å²) in [5.74, 6) is 2.10. The fourth-order valence-corrected chi connectivity index (χ4v) is 1.57. The van der Waals surface area contributed by atoms with Crippen molar-refractivity contribution in [3.05, 3.63) is 41.8 Å². The Kier molecular flexibility index (Phi) is 4.36. The summed E-state index contributed by atoms with van der Waals surface area (Å²) in [5, 5.41) is 3.75. The molecule has 5 heteroatoms. The molecule has 0 radical (unpaired) electrons. The molecule has 0 aliphatic carbocycles. The Balaban J connectivity index is 2.09. The summed E-state index contributed by atoms with van der Waals surface area (Å²) < 4.78 is 5.65. The molecule has 0 aliphatic rings. The summed E-state index contributed by atoms with van der Waals surface area (Å²) in [7, 11) is 0. The predicted molar refractivity (Wildman–Crippen MR) is 72.3 cm³/mol. The Labute approximate surface area is 111 Å². The summed E-state index contributed by atoms with van der Waals surface area (Å²) >= 11 is 5.84. The average molecular weight is 264 g/mol. The van der Waals surface area contributed by atoms with Gasteiger partial charge < -0.3 is 10.1 Å². The van der Waals surface area contributed by atoms with E-state index in [0.717, 1.165) is 18.8 Å². The molecule has 0 aliphatic heterocycles. The van der Waals surface area contributed by atoms with Gasteiger partial charge in [0.15, 0.2) is 0 Å². The molecule has 0 aromatic carbocycles. The minimum absolute atomic E-state index is 0.547. The zero-order valence-electron chi connectivity index (χ0n) is 10.1. The summed E-state index contributed by atoms with van der Waals surface area (Å²) in [6.07, 6.45) is 5.93. The van der Waals surface area contributed by atoms with E-state index in [1.807, 2.05) is 6.07 Å². The van der Waals surface area contributed by atoms with Crippen LogP contribution in [0.3, 0.4) is 0 Å². The van der Waals surface area contributed by atoms with Crippen molar-refractivity contribution in [2.45, 2.75) is 13.3 Å². The lowest BCUT2D eigenvalue weighted by atomic mass is 10.4. The van der Waals surface area contributed by atoms with E-state index in [1.54, 1.807) is 30.7 Å². The van der Waals surface area contributed by atoms with Crippen LogP contribution in [0.4, 0.5) is 5.82 Å². The third-order valence-corrected chi connectivity index (χ3v) is 2.41. The molecular formula is C13H14ClN3O. The molecule has 0 atom stereocenters. The monoisotopic (exact) mass is 263 g/mol. The lowest BCUT2D eigenvalue weighted by Gasteiger charge is -2.08. The third kappa shape index (κ3) is 3.60. The van der Waals surface area contributed by atoms with E-state index < -0.39 is 0 Å². The molecule has 2 rings (SSSR count). The van der Waals surface area contributed by atoms with Gasteiger partial charge in [-0.1, -0.05) is 18.5 Å². The predicted octanol–water partition coefficient (Wildman–Crippen LogP) is 3.74. The van der Waals surface area contributed by atoms with Crippen molar-refractivity contribution in [2.24, 2.45) is 0 Å². The highest BCUT2D eigenvalue weighted by Crippen LogP contribution is 2.24. The van der Waals surface area contributed by atoms with Crippen molar-refractivity contribution in [2.75, 3.05) is 11.9 Å². The normalized spacial score (nSPS) is 10.1. The van der Waals surface area contributed by atoms with Crippen molar-refractivity contribution in [3.63, 3.8) is 0 Å². The second-order valence-electron chi connectivity index (χ2n) is 3.74. The van der Waals surface area contributed by atoms with Crippen LogP contribution in [0.1, 0.15) is 13.3 Å². The maximum atomic E-state index is 5.84. The fourth-order valence-electron chi connectivity index (χ4n) is 1.41. The first-order chi connectivity index (χ1) is 8.78. The molecule has 0 amide bonds. The Hall–Kier alpha value is -1.81. The van der Waals surface area contributed by atoms with Gasteiger partial charge in [-0.2, -0.15) is 0 Å². The van der Waals surface area contributed by atoms with Crippen LogP contribution in [-0.4, -0.2) is 16.5 Å². The molecule has 2 heterocycles. The summed E-state index contributed by atoms with van der Waals surface area (Å²) in [6.45, 7) is 2.99. The molecule has 18 heavy (non-hydrogen) atoms. The number of pyridine rings is 2. The maximum absolute atomic E-state index is 5.84. The van der Waals surface area contributed by atoms with Gasteiger partial charge >= 0.3 is 0 Å². The number of ether oxygens (including phenoxy) is 1. The molecule has 2 aromatic heterocycles. The molecule has 0 bridgehead atoms. The van der Waals surface area contributed by atoms with Gasteiger partial charge in [0, 0.05) is 31.1 Å². The first kappa shape index (κ1) is 12.6. The molecule has 0 unspecified atom stereocenters. The lowest BCUT2D eigenvalue weighted by Crippen LogP contribution is -2.01. The van der Waals surface area contributed by atoms with Gasteiger partial charge in [0.2, 0.25) is 0 Å². The van der Waals surface area contributed by atoms with Gasteiger partial charge in [0.25, 0.3) is 0 Å². The van der Waals surface area contributed by atoms with Gasteiger partial charge in [-0.05, 0) is 12.5 Å². The number of nitrogens with one attached hydrogen (secondary N) is 1. The lowest BCUT2D eigenvalue weighted by molar-refractivity contribution is 0.480. The first-order valence-electron chi connectivity index (χ1n) is 5.76. The van der Waals surface area contributed by atoms with E-state index in [2.05, 4.69) is 22.2 Å². The van der Waals surface area contributed by atoms with E-state index >= 15 is 0 Å². The molecular weight excluding hydrogens is 250 g/mol. The zero-order valence-corrected chi connectivity index (χ0v) is 10.8. The zero-order chi connectivity index (χ0) is 12.8. The second-order valence-corrected chi connectivity index (χ2v) is 4.18. The summed E-state index contributed by atoms with van der Waals surface area (Å²) in [6, 6.07) is 5.35. The average Bonchev–Trinajstić information content (AvgIpc) is 2.37. The second kappa shape index (κ2) is 6.21. The van der Waals surface area contributed by atoms with E-state index in [-0.39, 0.29) is 0 Å². The Morgan fingerprint density at radius 1 is 1.28 bits per heavy atom. The summed E-state index contributed by atoms with van der Waals surface area (Å²) in [4.78, 5) is 8.17. The van der Waals surface area contributed by atoms with Crippen LogP contribution in [-0.2, 0) is 0 Å². The molecule has 0 saturated heterocycles. The van der Waals surface area contributed by atoms with Crippen LogP contribution in [0.2, 0.25) is 5.02 Å². The minimum Gasteiger partial charge on any atom is -0.455 e. The van der Waals surface area contributed by atoms with Crippen molar-refractivity contribution in [1.82, 2.24) is 9.97 Å². The molecule has 1 N–H and O–H groups in total. The van der Waals surface area contributed by atoms with Crippen LogP contribution in [0.25, 0.3) is 0 Å². The fraction of sp³-hybridized carbons (Fsp3) is 0.231. The Bertz CT molecular complexity index is 519. The van der Waals surface area contributed by atoms with E-state index in [4.69, 9.17) is 16.3 Å². The van der Waals surface area contributed by atoms with Crippen LogP contribution in [0, 0.1) is 0 Å². The van der Waals surface area contributed by atoms with Gasteiger partial charge in [-0.3, -0.25) is 4.98 Å². The highest BCUT2D eigenvalue weighted by Gasteiger charge is 2.01. The van der Waals surface area contributed by atoms with E-state index in [1.165, 1.54) is 0 Å². The first-order valence-corrected chi connectivity index (χ1v) is 6.14. The van der Waals surface area contributed by atoms with Gasteiger partial charge in [-0.25, -0.2) is 4.98 Å². The van der Waals surface area contributed by atoms with Crippen LogP contribution < -0.4 is 10.1 Å². The van der Waals surface area contributed by atoms with Gasteiger partial charge in [0.05, 0.1) is 11.2 Å². The van der Waals surface area contributed by atoms with Crippen molar-refractivity contribution >= 4 is 17.4 Å². The number of anilines is 1. The van der Waals surface area contributed by atoms with Crippen LogP contribution >= 0.6 is 11.6 Å². The number of hydrogen-bond acceptors (Lipinski definition) is 4. The third-order valence-electron chi connectivity index (χ3n) is 2.20. The van der Waals surface area contributed by atoms with Crippen molar-refractivity contribution in [1.29, 1.82) is 0 Å². The van der Waals surface area contributed by atoms with Gasteiger partial charge in [0.1, 0.15) is 17.3 Å². The maximum Gasteiger partial charge on any atom is 0.147 e. The topological polar surface area (TPSA) is 47.0 Å². The minimum atomic E-state index is 0.547. The SMILES string of the molecule is CCCNc1cc(Oc2cncc(Cl)c2)ccn1. The molecule has 2 aromatic rings. The van der Waals surface area contributed by atoms with Gasteiger partial charge in [-0.15, -0.1) is 0 Å².